The third-order valence-electron chi connectivity index (χ3n) is 9.96. The van der Waals surface area contributed by atoms with Crippen LogP contribution in [-0.2, 0) is 18.9 Å². The summed E-state index contributed by atoms with van der Waals surface area (Å²) < 4.78 is 51.4. The average Bonchev–Trinajstić information content (AvgIpc) is 3.86. The van der Waals surface area contributed by atoms with Gasteiger partial charge in [-0.15, -0.1) is 0 Å². The van der Waals surface area contributed by atoms with Gasteiger partial charge < -0.3 is 18.9 Å². The molecule has 2 aliphatic carbocycles. The predicted octanol–water partition coefficient (Wildman–Crippen LogP) is 7.10. The van der Waals surface area contributed by atoms with Gasteiger partial charge in [0, 0.05) is 89.9 Å². The molecule has 6 heterocycles. The molecular formula is C28H42Cl2N7O4P3. The summed E-state index contributed by atoms with van der Waals surface area (Å²) in [5, 5.41) is 0. The molecule has 44 heavy (non-hydrogen) atoms. The summed E-state index contributed by atoms with van der Waals surface area (Å²) >= 11 is 14.7. The second-order valence-corrected chi connectivity index (χ2v) is 23.4. The van der Waals surface area contributed by atoms with Crippen molar-refractivity contribution in [2.45, 2.75) is 37.3 Å². The van der Waals surface area contributed by atoms with E-state index in [1.54, 1.807) is 0 Å². The van der Waals surface area contributed by atoms with Crippen molar-refractivity contribution in [3.63, 3.8) is 0 Å². The zero-order valence-electron chi connectivity index (χ0n) is 24.9. The summed E-state index contributed by atoms with van der Waals surface area (Å²) in [5.41, 5.74) is 0. The fraction of sp³-hybridized carbons (Fsp3) is 0.714. The first-order valence-electron chi connectivity index (χ1n) is 15.9. The summed E-state index contributed by atoms with van der Waals surface area (Å²) in [7, 11) is -5.47. The summed E-state index contributed by atoms with van der Waals surface area (Å²) in [6, 6.07) is 0. The highest BCUT2D eigenvalue weighted by molar-refractivity contribution is 8.13. The van der Waals surface area contributed by atoms with Gasteiger partial charge in [0.25, 0.3) is 5.91 Å². The maximum absolute atomic E-state index is 7.35. The van der Waals surface area contributed by atoms with Crippen molar-refractivity contribution in [3.05, 3.63) is 48.6 Å². The lowest BCUT2D eigenvalue weighted by Crippen LogP contribution is -2.49. The summed E-state index contributed by atoms with van der Waals surface area (Å²) in [4.78, 5) is 0. The van der Waals surface area contributed by atoms with E-state index in [2.05, 4.69) is 67.3 Å². The van der Waals surface area contributed by atoms with Gasteiger partial charge in [-0.2, -0.15) is 13.5 Å². The van der Waals surface area contributed by atoms with Crippen LogP contribution < -0.4 is 0 Å². The largest absolute Gasteiger partial charge is 0.347 e. The quantitative estimate of drug-likeness (QED) is 0.271. The van der Waals surface area contributed by atoms with E-state index in [0.717, 1.165) is 78.0 Å². The van der Waals surface area contributed by atoms with Gasteiger partial charge in [-0.05, 0) is 22.5 Å². The van der Waals surface area contributed by atoms with E-state index in [-0.39, 0.29) is 0 Å². The van der Waals surface area contributed by atoms with Crippen molar-refractivity contribution >= 4 is 43.4 Å². The van der Waals surface area contributed by atoms with Crippen LogP contribution in [0.2, 0.25) is 0 Å². The SMILES string of the molecule is ClP1(Cl)=NP(N2CCC3(CC2)OCCO3)(N2CCC3(CC2)OCCO3)=NP2(=N1)N(CC1C=CC=C1)CCN2CC1C=CC=C1. The molecule has 0 unspecified atom stereocenters. The molecule has 242 valence electrons. The second kappa shape index (κ2) is 12.1. The number of hydrogen-bond donors (Lipinski definition) is 0. The molecule has 11 nitrogen and oxygen atoms in total. The smallest absolute Gasteiger partial charge is 0.257 e. The van der Waals surface area contributed by atoms with Crippen molar-refractivity contribution < 1.29 is 18.9 Å². The molecule has 3 spiro atoms. The highest BCUT2D eigenvalue weighted by Crippen LogP contribution is 2.86. The number of nitrogens with zero attached hydrogens (tertiary/aromatic N) is 7. The molecule has 5 fully saturated rings. The molecule has 0 aromatic rings. The van der Waals surface area contributed by atoms with Gasteiger partial charge in [-0.3, -0.25) is 0 Å². The number of rotatable bonds is 6. The summed E-state index contributed by atoms with van der Waals surface area (Å²) in [6.45, 7) is 9.03. The lowest BCUT2D eigenvalue weighted by Gasteiger charge is -2.50. The topological polar surface area (TPSA) is 87.0 Å². The highest BCUT2D eigenvalue weighted by Gasteiger charge is 2.54. The summed E-state index contributed by atoms with van der Waals surface area (Å²) in [5.74, 6) is -3.49. The average molecular weight is 705 g/mol. The van der Waals surface area contributed by atoms with Crippen molar-refractivity contribution in [3.8, 4) is 0 Å². The maximum atomic E-state index is 7.35. The Kier molecular flexibility index (Phi) is 8.58. The Morgan fingerprint density at radius 1 is 0.568 bits per heavy atom. The van der Waals surface area contributed by atoms with E-state index in [1.807, 2.05) is 0 Å². The molecule has 0 N–H and O–H groups in total. The molecule has 0 bridgehead atoms. The first kappa shape index (κ1) is 31.2. The standard InChI is InChI=1S/C28H42Cl2N7O4P3/c29-42(30)31-43(34-13-9-27(10-14-34)38-19-20-39-27,35-15-11-28(12-16-35)40-21-22-41-28)33-44(32-42)36(23-25-5-1-2-6-25)17-18-37(44)24-26-7-3-4-8-26/h1-8,25-26H,9-24H2. The summed E-state index contributed by atoms with van der Waals surface area (Å²) in [6.07, 6.45) is 20.7. The van der Waals surface area contributed by atoms with Crippen LogP contribution >= 0.6 is 43.4 Å². The number of piperidine rings is 2. The molecule has 0 aromatic heterocycles. The fourth-order valence-corrected chi connectivity index (χ4v) is 23.3. The van der Waals surface area contributed by atoms with Crippen molar-refractivity contribution in [1.82, 2.24) is 18.7 Å². The molecule has 0 saturated carbocycles. The van der Waals surface area contributed by atoms with Crippen molar-refractivity contribution in [2.75, 3.05) is 78.8 Å². The Morgan fingerprint density at radius 2 is 0.977 bits per heavy atom. The number of allylic oxidation sites excluding steroid dienone is 4. The number of ether oxygens (including phenoxy) is 4. The molecule has 8 aliphatic rings. The van der Waals surface area contributed by atoms with E-state index >= 15 is 0 Å². The minimum Gasteiger partial charge on any atom is -0.347 e. The molecular weight excluding hydrogens is 662 g/mol. The Hall–Kier alpha value is -0.0900. The minimum atomic E-state index is -3.10. The maximum Gasteiger partial charge on any atom is 0.257 e. The number of hydrogen-bond acceptors (Lipinski definition) is 11. The van der Waals surface area contributed by atoms with Gasteiger partial charge in [-0.25, -0.2) is 18.7 Å². The van der Waals surface area contributed by atoms with Crippen LogP contribution in [0.5, 0.6) is 0 Å². The van der Waals surface area contributed by atoms with Crippen LogP contribution in [0.3, 0.4) is 0 Å². The van der Waals surface area contributed by atoms with Gasteiger partial charge in [-0.1, -0.05) is 48.6 Å². The molecule has 0 atom stereocenters. The van der Waals surface area contributed by atoms with E-state index in [0.29, 0.717) is 38.3 Å². The van der Waals surface area contributed by atoms with Gasteiger partial charge in [0.05, 0.1) is 26.4 Å². The van der Waals surface area contributed by atoms with Crippen LogP contribution in [-0.4, -0.2) is 109 Å². The van der Waals surface area contributed by atoms with Crippen molar-refractivity contribution in [1.29, 1.82) is 0 Å². The van der Waals surface area contributed by atoms with Gasteiger partial charge >= 0.3 is 0 Å². The van der Waals surface area contributed by atoms with Crippen LogP contribution in [0.15, 0.2) is 62.2 Å². The van der Waals surface area contributed by atoms with Crippen LogP contribution in [0.4, 0.5) is 0 Å². The Balaban J connectivity index is 1.23. The highest BCUT2D eigenvalue weighted by atomic mass is 35.9. The Morgan fingerprint density at radius 3 is 1.39 bits per heavy atom. The van der Waals surface area contributed by atoms with Crippen molar-refractivity contribution in [2.24, 2.45) is 25.4 Å². The van der Waals surface area contributed by atoms with Gasteiger partial charge in [0.2, 0.25) is 15.0 Å². The minimum absolute atomic E-state index is 0.312. The third kappa shape index (κ3) is 5.70. The van der Waals surface area contributed by atoms with Crippen LogP contribution in [0, 0.1) is 11.8 Å². The molecule has 0 amide bonds. The monoisotopic (exact) mass is 703 g/mol. The Bertz CT molecular complexity index is 1310. The predicted molar refractivity (Wildman–Crippen MR) is 177 cm³/mol. The molecule has 8 rings (SSSR count). The lowest BCUT2D eigenvalue weighted by atomic mass is 10.1. The third-order valence-corrected chi connectivity index (χ3v) is 22.5. The van der Waals surface area contributed by atoms with Crippen LogP contribution in [0.1, 0.15) is 25.7 Å². The molecule has 6 aliphatic heterocycles. The molecule has 0 aromatic carbocycles. The fourth-order valence-electron chi connectivity index (χ4n) is 7.68. The van der Waals surface area contributed by atoms with E-state index < -0.39 is 32.5 Å². The van der Waals surface area contributed by atoms with Crippen LogP contribution in [0.25, 0.3) is 0 Å². The van der Waals surface area contributed by atoms with E-state index in [9.17, 15) is 0 Å². The molecule has 5 saturated heterocycles. The Labute approximate surface area is 270 Å². The molecule has 16 heteroatoms. The second-order valence-electron chi connectivity index (χ2n) is 12.6. The van der Waals surface area contributed by atoms with Gasteiger partial charge in [0.1, 0.15) is 0 Å². The zero-order valence-corrected chi connectivity index (χ0v) is 29.1. The van der Waals surface area contributed by atoms with E-state index in [4.69, 9.17) is 55.0 Å². The first-order valence-corrected chi connectivity index (χ1v) is 22.6. The molecule has 0 radical (unpaired) electrons. The zero-order chi connectivity index (χ0) is 29.9. The lowest BCUT2D eigenvalue weighted by molar-refractivity contribution is -0.182. The normalized spacial score (nSPS) is 32.8. The van der Waals surface area contributed by atoms with E-state index in [1.165, 1.54) is 0 Å². The first-order chi connectivity index (χ1) is 21.3. The number of halogens is 2. The van der Waals surface area contributed by atoms with Gasteiger partial charge in [0.15, 0.2) is 11.6 Å².